The summed E-state index contributed by atoms with van der Waals surface area (Å²) in [5, 5.41) is 0. The molecule has 0 aliphatic rings. The summed E-state index contributed by atoms with van der Waals surface area (Å²) >= 11 is 0. The van der Waals surface area contributed by atoms with Crippen LogP contribution in [0.2, 0.25) is 0 Å². The number of nitrogens with zero attached hydrogens (tertiary/aromatic N) is 1. The van der Waals surface area contributed by atoms with E-state index in [4.69, 9.17) is 4.74 Å². The quantitative estimate of drug-likeness (QED) is 0.785. The molecule has 0 amide bonds. The van der Waals surface area contributed by atoms with Gasteiger partial charge in [0.25, 0.3) is 0 Å². The van der Waals surface area contributed by atoms with E-state index in [9.17, 15) is 18.0 Å². The number of hydrogen-bond acceptors (Lipinski definition) is 3. The molecule has 18 heavy (non-hydrogen) atoms. The Labute approximate surface area is 103 Å². The third kappa shape index (κ3) is 3.00. The fourth-order valence-electron chi connectivity index (χ4n) is 1.35. The van der Waals surface area contributed by atoms with Crippen LogP contribution < -0.4 is 0 Å². The molecular formula is C12H14F3NO2. The number of aromatic nitrogens is 1. The predicted octanol–water partition coefficient (Wildman–Crippen LogP) is 2.94. The lowest BCUT2D eigenvalue weighted by Crippen LogP contribution is -2.32. The van der Waals surface area contributed by atoms with Gasteiger partial charge >= 0.3 is 12.1 Å². The first-order valence-corrected chi connectivity index (χ1v) is 5.40. The van der Waals surface area contributed by atoms with Crippen molar-refractivity contribution in [1.29, 1.82) is 0 Å². The number of halogens is 3. The zero-order valence-corrected chi connectivity index (χ0v) is 10.3. The van der Waals surface area contributed by atoms with Crippen LogP contribution >= 0.6 is 0 Å². The largest absolute Gasteiger partial charge is 0.465 e. The maximum Gasteiger partial charge on any atom is 0.417 e. The minimum Gasteiger partial charge on any atom is -0.465 e. The monoisotopic (exact) mass is 261 g/mol. The predicted molar refractivity (Wildman–Crippen MR) is 58.9 cm³/mol. The molecule has 0 saturated heterocycles. The summed E-state index contributed by atoms with van der Waals surface area (Å²) in [6, 6.07) is 2.10. The average Bonchev–Trinajstić information content (AvgIpc) is 2.28. The van der Waals surface area contributed by atoms with Crippen molar-refractivity contribution in [2.24, 2.45) is 0 Å². The second kappa shape index (κ2) is 4.96. The van der Waals surface area contributed by atoms with Crippen molar-refractivity contribution in [2.75, 3.05) is 6.61 Å². The minimum absolute atomic E-state index is 0.211. The van der Waals surface area contributed by atoms with Crippen molar-refractivity contribution in [3.8, 4) is 0 Å². The van der Waals surface area contributed by atoms with Crippen LogP contribution in [0.4, 0.5) is 13.2 Å². The number of hydrogen-bond donors (Lipinski definition) is 0. The van der Waals surface area contributed by atoms with E-state index in [2.05, 4.69) is 4.98 Å². The van der Waals surface area contributed by atoms with Crippen LogP contribution in [0.25, 0.3) is 0 Å². The van der Waals surface area contributed by atoms with Gasteiger partial charge < -0.3 is 4.74 Å². The highest BCUT2D eigenvalue weighted by Crippen LogP contribution is 2.30. The highest BCUT2D eigenvalue weighted by atomic mass is 19.4. The highest BCUT2D eigenvalue weighted by Gasteiger charge is 2.35. The molecule has 0 saturated carbocycles. The summed E-state index contributed by atoms with van der Waals surface area (Å²) < 4.78 is 41.9. The van der Waals surface area contributed by atoms with Crippen molar-refractivity contribution < 1.29 is 22.7 Å². The molecule has 1 aromatic heterocycles. The van der Waals surface area contributed by atoms with Gasteiger partial charge in [0.2, 0.25) is 0 Å². The zero-order valence-electron chi connectivity index (χ0n) is 10.3. The fourth-order valence-corrected chi connectivity index (χ4v) is 1.35. The molecule has 0 N–H and O–H groups in total. The molecule has 0 fully saturated rings. The van der Waals surface area contributed by atoms with E-state index < -0.39 is 23.1 Å². The molecule has 1 aromatic rings. The van der Waals surface area contributed by atoms with E-state index in [0.29, 0.717) is 0 Å². The van der Waals surface area contributed by atoms with Gasteiger partial charge in [-0.3, -0.25) is 9.78 Å². The number of rotatable bonds is 3. The van der Waals surface area contributed by atoms with Gasteiger partial charge in [-0.2, -0.15) is 13.2 Å². The summed E-state index contributed by atoms with van der Waals surface area (Å²) in [7, 11) is 0. The minimum atomic E-state index is -4.43. The van der Waals surface area contributed by atoms with Crippen LogP contribution in [-0.2, 0) is 21.1 Å². The van der Waals surface area contributed by atoms with Crippen molar-refractivity contribution in [1.82, 2.24) is 4.98 Å². The molecule has 1 heterocycles. The molecule has 0 radical (unpaired) electrons. The Hall–Kier alpha value is -1.59. The van der Waals surface area contributed by atoms with Gasteiger partial charge in [0, 0.05) is 6.20 Å². The van der Waals surface area contributed by atoms with E-state index in [1.165, 1.54) is 6.07 Å². The Morgan fingerprint density at radius 2 is 1.94 bits per heavy atom. The van der Waals surface area contributed by atoms with Gasteiger partial charge in [-0.15, -0.1) is 0 Å². The maximum absolute atomic E-state index is 12.4. The summed E-state index contributed by atoms with van der Waals surface area (Å²) in [4.78, 5) is 15.4. The molecule has 0 spiro atoms. The summed E-state index contributed by atoms with van der Waals surface area (Å²) in [6.45, 7) is 4.98. The number of carbonyl (C=O) groups excluding carboxylic acids is 1. The highest BCUT2D eigenvalue weighted by molar-refractivity contribution is 5.81. The first-order chi connectivity index (χ1) is 8.19. The lowest BCUT2D eigenvalue weighted by Gasteiger charge is -2.21. The Bertz CT molecular complexity index is 424. The van der Waals surface area contributed by atoms with Gasteiger partial charge in [0.1, 0.15) is 5.41 Å². The van der Waals surface area contributed by atoms with E-state index in [0.717, 1.165) is 12.3 Å². The molecule has 0 atom stereocenters. The van der Waals surface area contributed by atoms with Crippen LogP contribution in [0.5, 0.6) is 0 Å². The van der Waals surface area contributed by atoms with Crippen LogP contribution in [-0.4, -0.2) is 17.6 Å². The molecule has 6 heteroatoms. The fraction of sp³-hybridized carbons (Fsp3) is 0.500. The van der Waals surface area contributed by atoms with Crippen molar-refractivity contribution in [3.63, 3.8) is 0 Å². The summed E-state index contributed by atoms with van der Waals surface area (Å²) in [6.07, 6.45) is -3.71. The lowest BCUT2D eigenvalue weighted by molar-refractivity contribution is -0.148. The standard InChI is InChI=1S/C12H14F3NO2/c1-4-18-10(17)11(2,3)9-6-5-8(7-16-9)12(13,14)15/h5-7H,4H2,1-3H3. The van der Waals surface area contributed by atoms with Crippen molar-refractivity contribution in [3.05, 3.63) is 29.6 Å². The van der Waals surface area contributed by atoms with Gasteiger partial charge in [0.15, 0.2) is 0 Å². The van der Waals surface area contributed by atoms with E-state index in [1.807, 2.05) is 0 Å². The number of carbonyl (C=O) groups is 1. The summed E-state index contributed by atoms with van der Waals surface area (Å²) in [5.74, 6) is -0.516. The Kier molecular flexibility index (Phi) is 3.98. The van der Waals surface area contributed by atoms with Gasteiger partial charge in [0.05, 0.1) is 17.9 Å². The molecule has 0 aliphatic carbocycles. The van der Waals surface area contributed by atoms with Crippen molar-refractivity contribution in [2.45, 2.75) is 32.4 Å². The van der Waals surface area contributed by atoms with E-state index in [-0.39, 0.29) is 12.3 Å². The molecule has 0 bridgehead atoms. The lowest BCUT2D eigenvalue weighted by atomic mass is 9.88. The Morgan fingerprint density at radius 3 is 2.33 bits per heavy atom. The second-order valence-corrected chi connectivity index (χ2v) is 4.28. The Balaban J connectivity index is 3.01. The molecular weight excluding hydrogens is 247 g/mol. The number of pyridine rings is 1. The third-order valence-electron chi connectivity index (χ3n) is 2.52. The van der Waals surface area contributed by atoms with Gasteiger partial charge in [-0.05, 0) is 32.9 Å². The topological polar surface area (TPSA) is 39.2 Å². The van der Waals surface area contributed by atoms with E-state index >= 15 is 0 Å². The molecule has 100 valence electrons. The number of alkyl halides is 3. The SMILES string of the molecule is CCOC(=O)C(C)(C)c1ccc(C(F)(F)F)cn1. The second-order valence-electron chi connectivity index (χ2n) is 4.28. The molecule has 0 unspecified atom stereocenters. The zero-order chi connectivity index (χ0) is 14.0. The molecule has 0 aromatic carbocycles. The van der Waals surface area contributed by atoms with Crippen LogP contribution in [0, 0.1) is 0 Å². The average molecular weight is 261 g/mol. The molecule has 1 rings (SSSR count). The van der Waals surface area contributed by atoms with Crippen LogP contribution in [0.1, 0.15) is 32.0 Å². The van der Waals surface area contributed by atoms with Crippen molar-refractivity contribution >= 4 is 5.97 Å². The Morgan fingerprint density at radius 1 is 1.33 bits per heavy atom. The van der Waals surface area contributed by atoms with Gasteiger partial charge in [-0.1, -0.05) is 0 Å². The van der Waals surface area contributed by atoms with Gasteiger partial charge in [-0.25, -0.2) is 0 Å². The third-order valence-corrected chi connectivity index (χ3v) is 2.52. The van der Waals surface area contributed by atoms with Crippen LogP contribution in [0.3, 0.4) is 0 Å². The normalized spacial score (nSPS) is 12.3. The molecule has 0 aliphatic heterocycles. The smallest absolute Gasteiger partial charge is 0.417 e. The number of esters is 1. The first-order valence-electron chi connectivity index (χ1n) is 5.40. The maximum atomic E-state index is 12.4. The number of ether oxygens (including phenoxy) is 1. The summed E-state index contributed by atoms with van der Waals surface area (Å²) in [5.41, 5.74) is -1.67. The van der Waals surface area contributed by atoms with Crippen LogP contribution in [0.15, 0.2) is 18.3 Å². The first kappa shape index (κ1) is 14.5. The van der Waals surface area contributed by atoms with E-state index in [1.54, 1.807) is 20.8 Å². The molecule has 3 nitrogen and oxygen atoms in total.